The van der Waals surface area contributed by atoms with Gasteiger partial charge in [0.25, 0.3) is 0 Å². The monoisotopic (exact) mass is 241 g/mol. The van der Waals surface area contributed by atoms with Crippen LogP contribution in [-0.2, 0) is 4.79 Å². The molecule has 1 unspecified atom stereocenters. The van der Waals surface area contributed by atoms with Crippen molar-refractivity contribution in [3.8, 4) is 0 Å². The van der Waals surface area contributed by atoms with Crippen molar-refractivity contribution < 1.29 is 4.79 Å². The van der Waals surface area contributed by atoms with Gasteiger partial charge in [-0.25, -0.2) is 0 Å². The van der Waals surface area contributed by atoms with Gasteiger partial charge in [-0.15, -0.1) is 0 Å². The van der Waals surface area contributed by atoms with Gasteiger partial charge in [-0.2, -0.15) is 0 Å². The molecule has 1 amide bonds. The van der Waals surface area contributed by atoms with Crippen LogP contribution in [0.3, 0.4) is 0 Å². The maximum Gasteiger partial charge on any atom is 0.220 e. The molecular weight excluding hydrogens is 214 g/mol. The molecule has 0 bridgehead atoms. The maximum atomic E-state index is 11.6. The van der Waals surface area contributed by atoms with E-state index in [1.807, 2.05) is 0 Å². The molecular formula is C13H27N3O. The topological polar surface area (TPSA) is 44.4 Å². The molecule has 4 nitrogen and oxygen atoms in total. The number of amides is 1. The Bertz CT molecular complexity index is 211. The standard InChI is InChI=1S/C13H27N3O/c1-3-16(4-2)9-5-7-15-13(17)10-12-6-8-14-11-12/h12,14H,3-11H2,1-2H3,(H,15,17). The number of hydrogen-bond donors (Lipinski definition) is 2. The minimum Gasteiger partial charge on any atom is -0.356 e. The summed E-state index contributed by atoms with van der Waals surface area (Å²) in [6, 6.07) is 0. The molecule has 0 aliphatic carbocycles. The van der Waals surface area contributed by atoms with Gasteiger partial charge >= 0.3 is 0 Å². The van der Waals surface area contributed by atoms with Crippen LogP contribution in [0.2, 0.25) is 0 Å². The first-order chi connectivity index (χ1) is 8.26. The number of nitrogens with zero attached hydrogens (tertiary/aromatic N) is 1. The summed E-state index contributed by atoms with van der Waals surface area (Å²) in [5.41, 5.74) is 0. The Morgan fingerprint density at radius 1 is 1.41 bits per heavy atom. The van der Waals surface area contributed by atoms with Gasteiger partial charge < -0.3 is 15.5 Å². The zero-order chi connectivity index (χ0) is 12.5. The average molecular weight is 241 g/mol. The highest BCUT2D eigenvalue weighted by atomic mass is 16.1. The Labute approximate surface area is 105 Å². The lowest BCUT2D eigenvalue weighted by Gasteiger charge is -2.17. The summed E-state index contributed by atoms with van der Waals surface area (Å²) in [5.74, 6) is 0.774. The van der Waals surface area contributed by atoms with E-state index in [1.54, 1.807) is 0 Å². The normalized spacial score (nSPS) is 19.8. The van der Waals surface area contributed by atoms with Gasteiger partial charge in [-0.1, -0.05) is 13.8 Å². The molecule has 0 radical (unpaired) electrons. The number of nitrogens with one attached hydrogen (secondary N) is 2. The summed E-state index contributed by atoms with van der Waals surface area (Å²) in [6.45, 7) is 10.5. The molecule has 1 saturated heterocycles. The summed E-state index contributed by atoms with van der Waals surface area (Å²) in [4.78, 5) is 14.0. The second-order valence-corrected chi connectivity index (χ2v) is 4.79. The molecule has 1 fully saturated rings. The van der Waals surface area contributed by atoms with Crippen LogP contribution in [0.25, 0.3) is 0 Å². The first-order valence-electron chi connectivity index (χ1n) is 6.96. The number of hydrogen-bond acceptors (Lipinski definition) is 3. The van der Waals surface area contributed by atoms with Gasteiger partial charge in [0.2, 0.25) is 5.91 Å². The highest BCUT2D eigenvalue weighted by molar-refractivity contribution is 5.76. The van der Waals surface area contributed by atoms with Crippen LogP contribution in [0.5, 0.6) is 0 Å². The lowest BCUT2D eigenvalue weighted by molar-refractivity contribution is -0.121. The van der Waals surface area contributed by atoms with Crippen molar-refractivity contribution in [3.05, 3.63) is 0 Å². The number of rotatable bonds is 8. The van der Waals surface area contributed by atoms with Crippen LogP contribution in [0, 0.1) is 5.92 Å². The molecule has 0 aromatic carbocycles. The van der Waals surface area contributed by atoms with E-state index in [0.717, 1.165) is 52.1 Å². The lowest BCUT2D eigenvalue weighted by Crippen LogP contribution is -2.31. The Hall–Kier alpha value is -0.610. The predicted molar refractivity (Wildman–Crippen MR) is 71.0 cm³/mol. The summed E-state index contributed by atoms with van der Waals surface area (Å²) < 4.78 is 0. The lowest BCUT2D eigenvalue weighted by atomic mass is 10.0. The average Bonchev–Trinajstić information content (AvgIpc) is 2.82. The minimum absolute atomic E-state index is 0.221. The molecule has 1 heterocycles. The fourth-order valence-corrected chi connectivity index (χ4v) is 2.29. The SMILES string of the molecule is CCN(CC)CCCNC(=O)CC1CCNC1. The van der Waals surface area contributed by atoms with Crippen molar-refractivity contribution in [2.45, 2.75) is 33.1 Å². The van der Waals surface area contributed by atoms with Crippen LogP contribution in [0.15, 0.2) is 0 Å². The van der Waals surface area contributed by atoms with Gasteiger partial charge in [0, 0.05) is 13.0 Å². The third kappa shape index (κ3) is 6.03. The first-order valence-corrected chi connectivity index (χ1v) is 6.96. The summed E-state index contributed by atoms with van der Waals surface area (Å²) >= 11 is 0. The van der Waals surface area contributed by atoms with Gasteiger partial charge in [0.15, 0.2) is 0 Å². The van der Waals surface area contributed by atoms with E-state index in [2.05, 4.69) is 29.4 Å². The molecule has 1 aliphatic rings. The van der Waals surface area contributed by atoms with Gasteiger partial charge in [0.05, 0.1) is 0 Å². The van der Waals surface area contributed by atoms with E-state index in [0.29, 0.717) is 12.3 Å². The van der Waals surface area contributed by atoms with Crippen molar-refractivity contribution in [2.24, 2.45) is 5.92 Å². The zero-order valence-corrected chi connectivity index (χ0v) is 11.3. The fourth-order valence-electron chi connectivity index (χ4n) is 2.29. The number of carbonyl (C=O) groups excluding carboxylic acids is 1. The van der Waals surface area contributed by atoms with Gasteiger partial charge in [0.1, 0.15) is 0 Å². The van der Waals surface area contributed by atoms with Crippen molar-refractivity contribution in [1.82, 2.24) is 15.5 Å². The molecule has 17 heavy (non-hydrogen) atoms. The first kappa shape index (κ1) is 14.5. The van der Waals surface area contributed by atoms with Gasteiger partial charge in [-0.05, 0) is 51.5 Å². The highest BCUT2D eigenvalue weighted by Crippen LogP contribution is 2.11. The predicted octanol–water partition coefficient (Wildman–Crippen LogP) is 0.834. The largest absolute Gasteiger partial charge is 0.356 e. The van der Waals surface area contributed by atoms with E-state index in [1.165, 1.54) is 0 Å². The van der Waals surface area contributed by atoms with E-state index in [9.17, 15) is 4.79 Å². The fraction of sp³-hybridized carbons (Fsp3) is 0.923. The van der Waals surface area contributed by atoms with E-state index >= 15 is 0 Å². The Kier molecular flexibility index (Phi) is 7.21. The van der Waals surface area contributed by atoms with Crippen LogP contribution in [-0.4, -0.2) is 50.1 Å². The molecule has 0 aromatic rings. The number of carbonyl (C=O) groups is 1. The van der Waals surface area contributed by atoms with Crippen LogP contribution in [0.4, 0.5) is 0 Å². The molecule has 100 valence electrons. The zero-order valence-electron chi connectivity index (χ0n) is 11.3. The van der Waals surface area contributed by atoms with Crippen molar-refractivity contribution in [3.63, 3.8) is 0 Å². The molecule has 0 aromatic heterocycles. The molecule has 0 saturated carbocycles. The Morgan fingerprint density at radius 2 is 2.18 bits per heavy atom. The molecule has 4 heteroatoms. The van der Waals surface area contributed by atoms with Gasteiger partial charge in [-0.3, -0.25) is 4.79 Å². The molecule has 1 rings (SSSR count). The highest BCUT2D eigenvalue weighted by Gasteiger charge is 2.17. The molecule has 1 aliphatic heterocycles. The molecule has 1 atom stereocenters. The molecule has 2 N–H and O–H groups in total. The minimum atomic E-state index is 0.221. The Balaban J connectivity index is 1.99. The summed E-state index contributed by atoms with van der Waals surface area (Å²) in [7, 11) is 0. The third-order valence-corrected chi connectivity index (χ3v) is 3.50. The van der Waals surface area contributed by atoms with Crippen LogP contribution in [0.1, 0.15) is 33.1 Å². The summed E-state index contributed by atoms with van der Waals surface area (Å²) in [6.07, 6.45) is 2.89. The second-order valence-electron chi connectivity index (χ2n) is 4.79. The van der Waals surface area contributed by atoms with Crippen LogP contribution >= 0.6 is 0 Å². The Morgan fingerprint density at radius 3 is 2.76 bits per heavy atom. The van der Waals surface area contributed by atoms with Crippen molar-refractivity contribution in [1.29, 1.82) is 0 Å². The summed E-state index contributed by atoms with van der Waals surface area (Å²) in [5, 5.41) is 6.31. The van der Waals surface area contributed by atoms with Crippen LogP contribution < -0.4 is 10.6 Å². The van der Waals surface area contributed by atoms with E-state index < -0.39 is 0 Å². The smallest absolute Gasteiger partial charge is 0.220 e. The maximum absolute atomic E-state index is 11.6. The quantitative estimate of drug-likeness (QED) is 0.619. The molecule has 0 spiro atoms. The van der Waals surface area contributed by atoms with Crippen molar-refractivity contribution >= 4 is 5.91 Å². The van der Waals surface area contributed by atoms with Crippen molar-refractivity contribution in [2.75, 3.05) is 39.3 Å². The van der Waals surface area contributed by atoms with E-state index in [4.69, 9.17) is 0 Å². The van der Waals surface area contributed by atoms with E-state index in [-0.39, 0.29) is 5.91 Å². The second kappa shape index (κ2) is 8.48. The third-order valence-electron chi connectivity index (χ3n) is 3.50.